The monoisotopic (exact) mass is 153 g/mol. The fourth-order valence-corrected chi connectivity index (χ4v) is 2.17. The van der Waals surface area contributed by atoms with Crippen LogP contribution in [-0.2, 0) is 4.79 Å². The van der Waals surface area contributed by atoms with E-state index in [1.165, 1.54) is 0 Å². The third-order valence-corrected chi connectivity index (χ3v) is 2.94. The summed E-state index contributed by atoms with van der Waals surface area (Å²) in [5.74, 6) is 1.20. The smallest absolute Gasteiger partial charge is 0.226 e. The first-order valence-corrected chi connectivity index (χ1v) is 4.43. The molecular weight excluding hydrogens is 138 g/mol. The SMILES string of the molecule is CC(C)NC(=O)C12CC(C1)C2. The highest BCUT2D eigenvalue weighted by molar-refractivity contribution is 5.85. The average Bonchev–Trinajstić information content (AvgIpc) is 1.50. The molecule has 0 unspecified atom stereocenters. The maximum atomic E-state index is 11.5. The van der Waals surface area contributed by atoms with Crippen molar-refractivity contribution >= 4 is 5.91 Å². The van der Waals surface area contributed by atoms with Crippen LogP contribution in [-0.4, -0.2) is 11.9 Å². The zero-order chi connectivity index (χ0) is 8.06. The number of amides is 1. The Morgan fingerprint density at radius 2 is 2.00 bits per heavy atom. The van der Waals surface area contributed by atoms with Crippen molar-refractivity contribution in [2.24, 2.45) is 11.3 Å². The Balaban J connectivity index is 1.90. The number of carbonyl (C=O) groups is 1. The second-order valence-electron chi connectivity index (χ2n) is 4.39. The van der Waals surface area contributed by atoms with Crippen LogP contribution in [0.2, 0.25) is 0 Å². The Morgan fingerprint density at radius 3 is 2.27 bits per heavy atom. The van der Waals surface area contributed by atoms with Gasteiger partial charge in [0.2, 0.25) is 5.91 Å². The van der Waals surface area contributed by atoms with E-state index in [1.807, 2.05) is 13.8 Å². The molecule has 0 heterocycles. The van der Waals surface area contributed by atoms with Gasteiger partial charge in [-0.2, -0.15) is 0 Å². The summed E-state index contributed by atoms with van der Waals surface area (Å²) in [4.78, 5) is 11.5. The van der Waals surface area contributed by atoms with Crippen molar-refractivity contribution in [1.29, 1.82) is 0 Å². The first-order valence-electron chi connectivity index (χ1n) is 4.43. The molecule has 3 aliphatic rings. The summed E-state index contributed by atoms with van der Waals surface area (Å²) in [6.45, 7) is 4.03. The van der Waals surface area contributed by atoms with E-state index < -0.39 is 0 Å². The van der Waals surface area contributed by atoms with Crippen molar-refractivity contribution in [2.75, 3.05) is 0 Å². The van der Waals surface area contributed by atoms with Gasteiger partial charge in [0.15, 0.2) is 0 Å². The molecule has 0 aromatic rings. The highest BCUT2D eigenvalue weighted by Crippen LogP contribution is 2.64. The Labute approximate surface area is 67.4 Å². The Bertz CT molecular complexity index is 181. The summed E-state index contributed by atoms with van der Waals surface area (Å²) < 4.78 is 0. The van der Waals surface area contributed by atoms with Crippen LogP contribution >= 0.6 is 0 Å². The van der Waals surface area contributed by atoms with Gasteiger partial charge in [-0.3, -0.25) is 4.79 Å². The summed E-state index contributed by atoms with van der Waals surface area (Å²) >= 11 is 0. The number of nitrogens with one attached hydrogen (secondary N) is 1. The van der Waals surface area contributed by atoms with E-state index in [2.05, 4.69) is 5.32 Å². The quantitative estimate of drug-likeness (QED) is 0.636. The van der Waals surface area contributed by atoms with Gasteiger partial charge in [-0.25, -0.2) is 0 Å². The molecule has 0 atom stereocenters. The molecule has 3 rings (SSSR count). The van der Waals surface area contributed by atoms with E-state index in [9.17, 15) is 4.79 Å². The summed E-state index contributed by atoms with van der Waals surface area (Å²) in [5, 5.41) is 2.98. The number of rotatable bonds is 2. The van der Waals surface area contributed by atoms with E-state index in [0.717, 1.165) is 25.2 Å². The van der Waals surface area contributed by atoms with Crippen LogP contribution in [0.1, 0.15) is 33.1 Å². The van der Waals surface area contributed by atoms with E-state index in [1.54, 1.807) is 0 Å². The lowest BCUT2D eigenvalue weighted by Gasteiger charge is -2.60. The summed E-state index contributed by atoms with van der Waals surface area (Å²) in [6.07, 6.45) is 3.47. The van der Waals surface area contributed by atoms with Gasteiger partial charge >= 0.3 is 0 Å². The first kappa shape index (κ1) is 7.14. The zero-order valence-corrected chi connectivity index (χ0v) is 7.18. The van der Waals surface area contributed by atoms with Crippen LogP contribution in [0.5, 0.6) is 0 Å². The van der Waals surface area contributed by atoms with Crippen molar-refractivity contribution in [1.82, 2.24) is 5.32 Å². The lowest BCUT2D eigenvalue weighted by Crippen LogP contribution is -2.61. The molecular formula is C9H15NO. The van der Waals surface area contributed by atoms with Crippen molar-refractivity contribution in [2.45, 2.75) is 39.2 Å². The highest BCUT2D eigenvalue weighted by atomic mass is 16.2. The minimum Gasteiger partial charge on any atom is -0.353 e. The molecule has 2 nitrogen and oxygen atoms in total. The molecule has 1 N–H and O–H groups in total. The molecule has 0 radical (unpaired) electrons. The standard InChI is InChI=1S/C9H15NO/c1-6(2)10-8(11)9-3-7(4-9)5-9/h6-7H,3-5H2,1-2H3,(H,10,11). The third kappa shape index (κ3) is 0.883. The van der Waals surface area contributed by atoms with Crippen LogP contribution < -0.4 is 5.32 Å². The third-order valence-electron chi connectivity index (χ3n) is 2.94. The number of carbonyl (C=O) groups excluding carboxylic acids is 1. The van der Waals surface area contributed by atoms with Crippen molar-refractivity contribution < 1.29 is 4.79 Å². The maximum absolute atomic E-state index is 11.5. The molecule has 3 fully saturated rings. The molecule has 62 valence electrons. The van der Waals surface area contributed by atoms with Crippen molar-refractivity contribution in [3.63, 3.8) is 0 Å². The number of hydrogen-bond acceptors (Lipinski definition) is 1. The Hall–Kier alpha value is -0.530. The minimum absolute atomic E-state index is 0.106. The molecule has 3 saturated carbocycles. The molecule has 0 aromatic carbocycles. The second kappa shape index (κ2) is 1.99. The fourth-order valence-electron chi connectivity index (χ4n) is 2.17. The van der Waals surface area contributed by atoms with Gasteiger partial charge in [0.25, 0.3) is 0 Å². The van der Waals surface area contributed by atoms with E-state index in [4.69, 9.17) is 0 Å². The Morgan fingerprint density at radius 1 is 1.45 bits per heavy atom. The van der Waals surface area contributed by atoms with E-state index >= 15 is 0 Å². The number of hydrogen-bond donors (Lipinski definition) is 1. The predicted molar refractivity (Wildman–Crippen MR) is 43.1 cm³/mol. The molecule has 0 saturated heterocycles. The lowest BCUT2D eigenvalue weighted by atomic mass is 9.44. The van der Waals surface area contributed by atoms with Crippen LogP contribution in [0.25, 0.3) is 0 Å². The summed E-state index contributed by atoms with van der Waals surface area (Å²) in [7, 11) is 0. The molecule has 11 heavy (non-hydrogen) atoms. The van der Waals surface area contributed by atoms with Gasteiger partial charge < -0.3 is 5.32 Å². The molecule has 2 heteroatoms. The predicted octanol–water partition coefficient (Wildman–Crippen LogP) is 1.31. The van der Waals surface area contributed by atoms with E-state index in [-0.39, 0.29) is 5.41 Å². The van der Waals surface area contributed by atoms with Gasteiger partial charge in [0.05, 0.1) is 0 Å². The summed E-state index contributed by atoms with van der Waals surface area (Å²) in [6, 6.07) is 0.302. The van der Waals surface area contributed by atoms with Gasteiger partial charge in [0, 0.05) is 11.5 Å². The van der Waals surface area contributed by atoms with Gasteiger partial charge in [-0.15, -0.1) is 0 Å². The molecule has 0 spiro atoms. The lowest BCUT2D eigenvalue weighted by molar-refractivity contribution is -0.165. The molecule has 3 aliphatic carbocycles. The first-order chi connectivity index (χ1) is 5.12. The molecule has 0 aromatic heterocycles. The molecule has 1 amide bonds. The van der Waals surface area contributed by atoms with Crippen molar-refractivity contribution in [3.8, 4) is 0 Å². The largest absolute Gasteiger partial charge is 0.353 e. The zero-order valence-electron chi connectivity index (χ0n) is 7.18. The molecule has 2 bridgehead atoms. The maximum Gasteiger partial charge on any atom is 0.226 e. The van der Waals surface area contributed by atoms with Gasteiger partial charge in [0.1, 0.15) is 0 Å². The van der Waals surface area contributed by atoms with Gasteiger partial charge in [-0.05, 0) is 39.0 Å². The topological polar surface area (TPSA) is 29.1 Å². The second-order valence-corrected chi connectivity index (χ2v) is 4.39. The van der Waals surface area contributed by atoms with Crippen LogP contribution in [0, 0.1) is 11.3 Å². The minimum atomic E-state index is 0.106. The van der Waals surface area contributed by atoms with E-state index in [0.29, 0.717) is 11.9 Å². The average molecular weight is 153 g/mol. The normalized spacial score (nSPS) is 39.4. The Kier molecular flexibility index (Phi) is 1.29. The van der Waals surface area contributed by atoms with Crippen LogP contribution in [0.4, 0.5) is 0 Å². The van der Waals surface area contributed by atoms with Gasteiger partial charge in [-0.1, -0.05) is 0 Å². The molecule has 0 aliphatic heterocycles. The summed E-state index contributed by atoms with van der Waals surface area (Å²) in [5.41, 5.74) is 0.106. The highest BCUT2D eigenvalue weighted by Gasteiger charge is 2.61. The fraction of sp³-hybridized carbons (Fsp3) is 0.889. The van der Waals surface area contributed by atoms with Crippen molar-refractivity contribution in [3.05, 3.63) is 0 Å². The van der Waals surface area contributed by atoms with Crippen LogP contribution in [0.3, 0.4) is 0 Å². The van der Waals surface area contributed by atoms with Crippen LogP contribution in [0.15, 0.2) is 0 Å².